The van der Waals surface area contributed by atoms with Crippen molar-refractivity contribution in [1.82, 2.24) is 9.97 Å². The van der Waals surface area contributed by atoms with E-state index in [1.165, 1.54) is 28.6 Å². The molecule has 0 saturated heterocycles. The second-order valence-electron chi connectivity index (χ2n) is 8.47. The number of imidazole rings is 1. The average molecular weight is 512 g/mol. The van der Waals surface area contributed by atoms with Crippen LogP contribution in [0, 0.1) is 5.82 Å². The van der Waals surface area contributed by atoms with Gasteiger partial charge in [0.2, 0.25) is 0 Å². The van der Waals surface area contributed by atoms with Gasteiger partial charge in [-0.15, -0.1) is 0 Å². The number of para-hydroxylation sites is 1. The number of aromatic amines is 2. The highest BCUT2D eigenvalue weighted by Crippen LogP contribution is 2.37. The first-order chi connectivity index (χ1) is 17.2. The lowest BCUT2D eigenvalue weighted by atomic mass is 10.1. The number of benzene rings is 3. The van der Waals surface area contributed by atoms with E-state index in [0.717, 1.165) is 5.56 Å². The van der Waals surface area contributed by atoms with Crippen molar-refractivity contribution < 1.29 is 27.4 Å². The monoisotopic (exact) mass is 511 g/mol. The third kappa shape index (κ3) is 4.44. The predicted molar refractivity (Wildman–Crippen MR) is 130 cm³/mol. The Morgan fingerprint density at radius 3 is 2.64 bits per heavy atom. The summed E-state index contributed by atoms with van der Waals surface area (Å²) in [4.78, 5) is 27.5. The fourth-order valence-corrected chi connectivity index (χ4v) is 5.95. The molecule has 1 aliphatic heterocycles. The number of H-pyrrole nitrogens is 2. The summed E-state index contributed by atoms with van der Waals surface area (Å²) in [5.74, 6) is -1.32. The van der Waals surface area contributed by atoms with E-state index < -0.39 is 27.5 Å². The number of carboxylic acids is 1. The molecule has 0 spiro atoms. The van der Waals surface area contributed by atoms with Crippen molar-refractivity contribution in [2.45, 2.75) is 30.8 Å². The molecule has 0 radical (unpaired) electrons. The van der Waals surface area contributed by atoms with E-state index in [2.05, 4.69) is 9.97 Å². The van der Waals surface area contributed by atoms with Crippen LogP contribution < -0.4 is 14.7 Å². The van der Waals surface area contributed by atoms with Gasteiger partial charge >= 0.3 is 11.7 Å². The van der Waals surface area contributed by atoms with Crippen LogP contribution >= 0.6 is 0 Å². The molecule has 0 aliphatic carbocycles. The number of halogens is 1. The number of fused-ring (bicyclic) bond motifs is 2. The molecule has 2 heterocycles. The summed E-state index contributed by atoms with van der Waals surface area (Å²) in [6, 6.07) is 14.1. The number of hydrogen-bond acceptors (Lipinski definition) is 5. The second-order valence-corrected chi connectivity index (χ2v) is 10.3. The minimum Gasteiger partial charge on any atom is -0.489 e. The first-order valence-corrected chi connectivity index (χ1v) is 12.6. The Morgan fingerprint density at radius 2 is 1.86 bits per heavy atom. The van der Waals surface area contributed by atoms with Crippen molar-refractivity contribution in [3.05, 3.63) is 87.6 Å². The van der Waals surface area contributed by atoms with Gasteiger partial charge in [0, 0.05) is 24.6 Å². The van der Waals surface area contributed by atoms with Crippen molar-refractivity contribution in [1.29, 1.82) is 0 Å². The van der Waals surface area contributed by atoms with Gasteiger partial charge in [-0.1, -0.05) is 24.3 Å². The minimum atomic E-state index is -3.93. The van der Waals surface area contributed by atoms with Crippen molar-refractivity contribution in [3.63, 3.8) is 0 Å². The average Bonchev–Trinajstić information content (AvgIpc) is 3.44. The first kappa shape index (κ1) is 23.6. The summed E-state index contributed by atoms with van der Waals surface area (Å²) >= 11 is 0. The Hall–Kier alpha value is -4.12. The highest BCUT2D eigenvalue weighted by molar-refractivity contribution is 7.92. The molecule has 0 fully saturated rings. The summed E-state index contributed by atoms with van der Waals surface area (Å²) in [6.45, 7) is 0.260. The largest absolute Gasteiger partial charge is 0.489 e. The lowest BCUT2D eigenvalue weighted by Gasteiger charge is -2.22. The lowest BCUT2D eigenvalue weighted by molar-refractivity contribution is -0.136. The van der Waals surface area contributed by atoms with Crippen LogP contribution in [0.3, 0.4) is 0 Å². The summed E-state index contributed by atoms with van der Waals surface area (Å²) < 4.78 is 48.6. The van der Waals surface area contributed by atoms with Crippen LogP contribution in [0.2, 0.25) is 0 Å². The molecule has 36 heavy (non-hydrogen) atoms. The van der Waals surface area contributed by atoms with Crippen LogP contribution in [0.25, 0.3) is 11.0 Å². The van der Waals surface area contributed by atoms with Gasteiger partial charge in [0.1, 0.15) is 18.2 Å². The number of aromatic nitrogens is 2. The van der Waals surface area contributed by atoms with E-state index in [4.69, 9.17) is 9.84 Å². The lowest BCUT2D eigenvalue weighted by Crippen LogP contribution is -2.30. The molecule has 3 aromatic carbocycles. The number of anilines is 1. The van der Waals surface area contributed by atoms with Crippen molar-refractivity contribution >= 4 is 32.7 Å². The van der Waals surface area contributed by atoms with E-state index in [0.29, 0.717) is 28.7 Å². The maximum Gasteiger partial charge on any atom is 0.323 e. The molecule has 0 atom stereocenters. The van der Waals surface area contributed by atoms with Crippen LogP contribution in [0.4, 0.5) is 10.1 Å². The number of ether oxygens (including phenoxy) is 1. The molecule has 3 N–H and O–H groups in total. The molecule has 11 heteroatoms. The topological polar surface area (TPSA) is 133 Å². The summed E-state index contributed by atoms with van der Waals surface area (Å²) in [7, 11) is -3.93. The SMILES string of the molecule is O=C(O)CCc1ccc(OCc2cccc3c2N(S(=O)(=O)c2ccc4[nH]c(=O)[nH]c4c2)CC3)cc1F. The molecular weight excluding hydrogens is 489 g/mol. The Labute approximate surface area is 205 Å². The first-order valence-electron chi connectivity index (χ1n) is 11.2. The highest BCUT2D eigenvalue weighted by Gasteiger charge is 2.33. The van der Waals surface area contributed by atoms with Crippen LogP contribution in [0.15, 0.2) is 64.3 Å². The van der Waals surface area contributed by atoms with Gasteiger partial charge in [0.25, 0.3) is 10.0 Å². The zero-order chi connectivity index (χ0) is 25.4. The third-order valence-electron chi connectivity index (χ3n) is 6.14. The third-order valence-corrected chi connectivity index (χ3v) is 7.93. The van der Waals surface area contributed by atoms with Crippen LogP contribution in [-0.4, -0.2) is 36.0 Å². The van der Waals surface area contributed by atoms with Crippen molar-refractivity contribution in [2.24, 2.45) is 0 Å². The quantitative estimate of drug-likeness (QED) is 0.332. The predicted octanol–water partition coefficient (Wildman–Crippen LogP) is 3.34. The van der Waals surface area contributed by atoms with Gasteiger partial charge in [0.15, 0.2) is 0 Å². The number of carboxylic acid groups (broad SMARTS) is 1. The Bertz CT molecular complexity index is 1640. The fraction of sp³-hybridized carbons (Fsp3) is 0.200. The van der Waals surface area contributed by atoms with Crippen molar-refractivity contribution in [3.8, 4) is 5.75 Å². The van der Waals surface area contributed by atoms with Crippen LogP contribution in [0.5, 0.6) is 5.75 Å². The number of nitrogens with zero attached hydrogens (tertiary/aromatic N) is 1. The second kappa shape index (κ2) is 9.15. The normalized spacial score (nSPS) is 13.2. The van der Waals surface area contributed by atoms with Gasteiger partial charge in [-0.25, -0.2) is 17.6 Å². The number of nitrogens with one attached hydrogen (secondary N) is 2. The minimum absolute atomic E-state index is 0.00721. The van der Waals surface area contributed by atoms with Gasteiger partial charge in [-0.3, -0.25) is 9.10 Å². The summed E-state index contributed by atoms with van der Waals surface area (Å²) in [5.41, 5.74) is 2.77. The molecule has 0 amide bonds. The zero-order valence-corrected chi connectivity index (χ0v) is 19.8. The maximum absolute atomic E-state index is 14.4. The molecule has 9 nitrogen and oxygen atoms in total. The van der Waals surface area contributed by atoms with Gasteiger partial charge < -0.3 is 19.8 Å². The van der Waals surface area contributed by atoms with E-state index in [9.17, 15) is 22.4 Å². The standard InChI is InChI=1S/C25H22FN3O6S/c26-20-12-18(6-4-15(20)5-9-23(30)31)35-14-17-3-1-2-16-10-11-29(24(16)17)36(33,34)19-7-8-21-22(13-19)28-25(32)27-21/h1-4,6-8,12-13H,5,9-11,14H2,(H,30,31)(H2,27,28,32). The van der Waals surface area contributed by atoms with Crippen LogP contribution in [-0.2, 0) is 34.3 Å². The molecule has 5 rings (SSSR count). The summed E-state index contributed by atoms with van der Waals surface area (Å²) in [6.07, 6.45) is 0.423. The van der Waals surface area contributed by atoms with Crippen molar-refractivity contribution in [2.75, 3.05) is 10.8 Å². The number of aliphatic carboxylic acids is 1. The molecule has 186 valence electrons. The van der Waals surface area contributed by atoms with Gasteiger partial charge in [-0.2, -0.15) is 0 Å². The van der Waals surface area contributed by atoms with E-state index in [-0.39, 0.29) is 42.2 Å². The zero-order valence-electron chi connectivity index (χ0n) is 19.0. The number of rotatable bonds is 8. The molecule has 0 saturated carbocycles. The maximum atomic E-state index is 14.4. The molecule has 0 bridgehead atoms. The number of sulfonamides is 1. The molecule has 1 aliphatic rings. The smallest absolute Gasteiger partial charge is 0.323 e. The van der Waals surface area contributed by atoms with Crippen LogP contribution in [0.1, 0.15) is 23.1 Å². The highest BCUT2D eigenvalue weighted by atomic mass is 32.2. The molecule has 0 unspecified atom stereocenters. The molecule has 4 aromatic rings. The van der Waals surface area contributed by atoms with E-state index >= 15 is 0 Å². The van der Waals surface area contributed by atoms with E-state index in [1.807, 2.05) is 12.1 Å². The fourth-order valence-electron chi connectivity index (χ4n) is 4.38. The summed E-state index contributed by atoms with van der Waals surface area (Å²) in [5, 5.41) is 8.80. The Morgan fingerprint density at radius 1 is 1.06 bits per heavy atom. The molecule has 1 aromatic heterocycles. The number of hydrogen-bond donors (Lipinski definition) is 3. The number of aryl methyl sites for hydroxylation is 1. The van der Waals surface area contributed by atoms with E-state index in [1.54, 1.807) is 18.2 Å². The van der Waals surface area contributed by atoms with Gasteiger partial charge in [-0.05, 0) is 48.2 Å². The Kier molecular flexibility index (Phi) is 6.00. The molecular formula is C25H22FN3O6S. The van der Waals surface area contributed by atoms with Gasteiger partial charge in [0.05, 0.1) is 21.6 Å². The Balaban J connectivity index is 1.40. The number of carbonyl (C=O) groups is 1.